The Kier molecular flexibility index (Phi) is 3.48. The van der Waals surface area contributed by atoms with Gasteiger partial charge in [-0.3, -0.25) is 10.1 Å². The van der Waals surface area contributed by atoms with Crippen LogP contribution in [0.5, 0.6) is 0 Å². The Morgan fingerprint density at radius 2 is 1.95 bits per heavy atom. The predicted octanol–water partition coefficient (Wildman–Crippen LogP) is 3.61. The Bertz CT molecular complexity index is 669. The molecule has 0 aliphatic rings. The van der Waals surface area contributed by atoms with Crippen LogP contribution in [-0.2, 0) is 0 Å². The molecular formula is C13H8ClNO4. The summed E-state index contributed by atoms with van der Waals surface area (Å²) in [4.78, 5) is 21.3. The van der Waals surface area contributed by atoms with E-state index in [1.807, 2.05) is 0 Å². The average molecular weight is 278 g/mol. The lowest BCUT2D eigenvalue weighted by Crippen LogP contribution is -1.99. The summed E-state index contributed by atoms with van der Waals surface area (Å²) in [6.45, 7) is 0. The van der Waals surface area contributed by atoms with Crippen molar-refractivity contribution < 1.29 is 14.8 Å². The lowest BCUT2D eigenvalue weighted by Gasteiger charge is -2.05. The van der Waals surface area contributed by atoms with E-state index in [-0.39, 0.29) is 11.3 Å². The van der Waals surface area contributed by atoms with E-state index in [1.165, 1.54) is 12.1 Å². The molecule has 0 atom stereocenters. The molecule has 0 aromatic heterocycles. The van der Waals surface area contributed by atoms with E-state index in [9.17, 15) is 14.9 Å². The second kappa shape index (κ2) is 5.07. The number of nitro groups is 1. The number of carboxylic acid groups (broad SMARTS) is 1. The van der Waals surface area contributed by atoms with Gasteiger partial charge in [-0.25, -0.2) is 4.79 Å². The second-order valence-electron chi connectivity index (χ2n) is 3.80. The molecule has 19 heavy (non-hydrogen) atoms. The Morgan fingerprint density at radius 1 is 1.21 bits per heavy atom. The molecule has 0 saturated heterocycles. The van der Waals surface area contributed by atoms with E-state index < -0.39 is 10.9 Å². The highest BCUT2D eigenvalue weighted by Gasteiger charge is 2.18. The van der Waals surface area contributed by atoms with E-state index in [4.69, 9.17) is 16.7 Å². The highest BCUT2D eigenvalue weighted by atomic mass is 35.5. The van der Waals surface area contributed by atoms with Crippen molar-refractivity contribution in [3.63, 3.8) is 0 Å². The molecule has 0 aliphatic carbocycles. The zero-order chi connectivity index (χ0) is 14.0. The van der Waals surface area contributed by atoms with Crippen molar-refractivity contribution in [1.82, 2.24) is 0 Å². The summed E-state index contributed by atoms with van der Waals surface area (Å²) in [5.74, 6) is -1.21. The normalized spacial score (nSPS) is 10.2. The summed E-state index contributed by atoms with van der Waals surface area (Å²) in [5.41, 5.74) is 0.508. The van der Waals surface area contributed by atoms with Crippen molar-refractivity contribution in [2.75, 3.05) is 0 Å². The first-order valence-corrected chi connectivity index (χ1v) is 5.64. The summed E-state index contributed by atoms with van der Waals surface area (Å²) in [5, 5.41) is 20.3. The topological polar surface area (TPSA) is 80.4 Å². The maximum absolute atomic E-state index is 11.0. The second-order valence-corrected chi connectivity index (χ2v) is 4.24. The highest BCUT2D eigenvalue weighted by molar-refractivity contribution is 6.30. The first-order chi connectivity index (χ1) is 8.99. The molecule has 0 spiro atoms. The van der Waals surface area contributed by atoms with Crippen LogP contribution in [0.15, 0.2) is 42.5 Å². The molecule has 2 rings (SSSR count). The molecule has 0 saturated carbocycles. The molecule has 0 fully saturated rings. The van der Waals surface area contributed by atoms with Crippen molar-refractivity contribution in [3.8, 4) is 11.1 Å². The number of carbonyl (C=O) groups is 1. The molecule has 2 aromatic carbocycles. The van der Waals surface area contributed by atoms with Gasteiger partial charge in [-0.15, -0.1) is 0 Å². The first-order valence-electron chi connectivity index (χ1n) is 5.26. The van der Waals surface area contributed by atoms with Crippen LogP contribution < -0.4 is 0 Å². The number of rotatable bonds is 3. The quantitative estimate of drug-likeness (QED) is 0.686. The smallest absolute Gasteiger partial charge is 0.335 e. The molecule has 0 radical (unpaired) electrons. The molecular weight excluding hydrogens is 270 g/mol. The van der Waals surface area contributed by atoms with Gasteiger partial charge in [0.15, 0.2) is 0 Å². The summed E-state index contributed by atoms with van der Waals surface area (Å²) in [6, 6.07) is 10.4. The largest absolute Gasteiger partial charge is 0.478 e. The number of carboxylic acids is 1. The maximum atomic E-state index is 11.0. The highest BCUT2D eigenvalue weighted by Crippen LogP contribution is 2.32. The number of hydrogen-bond donors (Lipinski definition) is 1. The van der Waals surface area contributed by atoms with Gasteiger partial charge >= 0.3 is 5.97 Å². The minimum absolute atomic E-state index is 0.127. The van der Waals surface area contributed by atoms with Crippen LogP contribution in [0.25, 0.3) is 11.1 Å². The first kappa shape index (κ1) is 13.0. The number of hydrogen-bond acceptors (Lipinski definition) is 3. The van der Waals surface area contributed by atoms with Gasteiger partial charge in [-0.2, -0.15) is 0 Å². The number of nitrogens with zero attached hydrogens (tertiary/aromatic N) is 1. The predicted molar refractivity (Wildman–Crippen MR) is 70.5 cm³/mol. The van der Waals surface area contributed by atoms with Crippen LogP contribution in [-0.4, -0.2) is 16.0 Å². The fourth-order valence-electron chi connectivity index (χ4n) is 1.72. The van der Waals surface area contributed by atoms with Crippen LogP contribution in [0.4, 0.5) is 5.69 Å². The van der Waals surface area contributed by atoms with Gasteiger partial charge in [-0.05, 0) is 29.8 Å². The van der Waals surface area contributed by atoms with Crippen LogP contribution in [0.2, 0.25) is 5.02 Å². The minimum atomic E-state index is -1.21. The molecule has 0 unspecified atom stereocenters. The van der Waals surface area contributed by atoms with E-state index in [1.54, 1.807) is 24.3 Å². The van der Waals surface area contributed by atoms with Crippen LogP contribution in [0.1, 0.15) is 10.4 Å². The number of nitro benzene ring substituents is 1. The third kappa shape index (κ3) is 2.71. The molecule has 0 bridgehead atoms. The lowest BCUT2D eigenvalue weighted by molar-refractivity contribution is -0.384. The van der Waals surface area contributed by atoms with E-state index in [0.29, 0.717) is 16.1 Å². The minimum Gasteiger partial charge on any atom is -0.478 e. The standard InChI is InChI=1S/C13H8ClNO4/c14-10-3-1-2-8(6-10)11-5-4-9(13(16)17)7-12(11)15(18)19/h1-7H,(H,16,17). The van der Waals surface area contributed by atoms with Crippen molar-refractivity contribution in [1.29, 1.82) is 0 Å². The lowest BCUT2D eigenvalue weighted by atomic mass is 10.0. The van der Waals surface area contributed by atoms with Crippen molar-refractivity contribution in [3.05, 3.63) is 63.2 Å². The fraction of sp³-hybridized carbons (Fsp3) is 0. The molecule has 0 amide bonds. The summed E-state index contributed by atoms with van der Waals surface area (Å²) >= 11 is 5.84. The Balaban J connectivity index is 2.63. The molecule has 0 aliphatic heterocycles. The molecule has 96 valence electrons. The Morgan fingerprint density at radius 3 is 2.53 bits per heavy atom. The summed E-state index contributed by atoms with van der Waals surface area (Å²) in [6.07, 6.45) is 0. The molecule has 0 heterocycles. The van der Waals surface area contributed by atoms with Crippen LogP contribution in [0, 0.1) is 10.1 Å². The van der Waals surface area contributed by atoms with Crippen LogP contribution in [0.3, 0.4) is 0 Å². The zero-order valence-corrected chi connectivity index (χ0v) is 10.3. The monoisotopic (exact) mass is 277 g/mol. The Hall–Kier alpha value is -2.40. The van der Waals surface area contributed by atoms with E-state index in [2.05, 4.69) is 0 Å². The molecule has 5 nitrogen and oxygen atoms in total. The molecule has 2 aromatic rings. The van der Waals surface area contributed by atoms with Gasteiger partial charge in [0.1, 0.15) is 0 Å². The van der Waals surface area contributed by atoms with Gasteiger partial charge in [0.05, 0.1) is 16.1 Å². The Labute approximate surface area is 113 Å². The van der Waals surface area contributed by atoms with Gasteiger partial charge in [0, 0.05) is 11.1 Å². The average Bonchev–Trinajstić information content (AvgIpc) is 2.37. The SMILES string of the molecule is O=C(O)c1ccc(-c2cccc(Cl)c2)c([N+](=O)[O-])c1. The number of benzene rings is 2. The third-order valence-electron chi connectivity index (χ3n) is 2.58. The summed E-state index contributed by atoms with van der Waals surface area (Å²) in [7, 11) is 0. The van der Waals surface area contributed by atoms with Crippen molar-refractivity contribution in [2.24, 2.45) is 0 Å². The van der Waals surface area contributed by atoms with Gasteiger partial charge in [0.2, 0.25) is 0 Å². The fourth-order valence-corrected chi connectivity index (χ4v) is 1.91. The number of aromatic carboxylic acids is 1. The molecule has 6 heteroatoms. The van der Waals surface area contributed by atoms with Crippen molar-refractivity contribution in [2.45, 2.75) is 0 Å². The van der Waals surface area contributed by atoms with Gasteiger partial charge < -0.3 is 5.11 Å². The summed E-state index contributed by atoms with van der Waals surface area (Å²) < 4.78 is 0. The zero-order valence-electron chi connectivity index (χ0n) is 9.54. The van der Waals surface area contributed by atoms with Crippen molar-refractivity contribution >= 4 is 23.3 Å². The van der Waals surface area contributed by atoms with Crippen LogP contribution >= 0.6 is 11.6 Å². The number of halogens is 1. The van der Waals surface area contributed by atoms with Gasteiger partial charge in [0.25, 0.3) is 5.69 Å². The van der Waals surface area contributed by atoms with E-state index in [0.717, 1.165) is 6.07 Å². The maximum Gasteiger partial charge on any atom is 0.335 e. The van der Waals surface area contributed by atoms with Gasteiger partial charge in [-0.1, -0.05) is 23.7 Å². The molecule has 1 N–H and O–H groups in total. The van der Waals surface area contributed by atoms with E-state index >= 15 is 0 Å². The third-order valence-corrected chi connectivity index (χ3v) is 2.81.